The van der Waals surface area contributed by atoms with Crippen LogP contribution < -0.4 is 0 Å². The van der Waals surface area contributed by atoms with Crippen LogP contribution in [-0.4, -0.2) is 23.9 Å². The van der Waals surface area contributed by atoms with E-state index in [9.17, 15) is 0 Å². The molecule has 6 heteroatoms. The number of aromatic nitrogens is 5. The van der Waals surface area contributed by atoms with Gasteiger partial charge in [-0.25, -0.2) is 19.3 Å². The van der Waals surface area contributed by atoms with E-state index in [2.05, 4.69) is 41.6 Å². The molecule has 0 unspecified atom stereocenters. The highest BCUT2D eigenvalue weighted by atomic mass is 32.1. The van der Waals surface area contributed by atoms with Crippen molar-refractivity contribution in [1.29, 1.82) is 0 Å². The van der Waals surface area contributed by atoms with Crippen molar-refractivity contribution in [3.8, 4) is 0 Å². The molecule has 3 heterocycles. The third-order valence-corrected chi connectivity index (χ3v) is 4.12. The van der Waals surface area contributed by atoms with Crippen LogP contribution in [0.1, 0.15) is 55.9 Å². The first-order valence-electron chi connectivity index (χ1n) is 7.18. The van der Waals surface area contributed by atoms with Crippen LogP contribution in [0.5, 0.6) is 0 Å². The Balaban J connectivity index is 2.14. The van der Waals surface area contributed by atoms with Crippen molar-refractivity contribution in [1.82, 2.24) is 23.9 Å². The number of fused-ring (bicyclic) bond motifs is 1. The highest BCUT2D eigenvalue weighted by molar-refractivity contribution is 7.05. The topological polar surface area (TPSA) is 56.5 Å². The zero-order valence-electron chi connectivity index (χ0n) is 12.7. The number of nitrogens with zero attached hydrogens (tertiary/aromatic N) is 5. The van der Waals surface area contributed by atoms with Crippen molar-refractivity contribution in [2.75, 3.05) is 0 Å². The van der Waals surface area contributed by atoms with E-state index in [1.165, 1.54) is 16.4 Å². The van der Waals surface area contributed by atoms with E-state index in [1.54, 1.807) is 0 Å². The van der Waals surface area contributed by atoms with Crippen LogP contribution in [0.3, 0.4) is 0 Å². The van der Waals surface area contributed by atoms with Gasteiger partial charge in [-0.2, -0.15) is 0 Å². The minimum atomic E-state index is 0.304. The fourth-order valence-electron chi connectivity index (χ4n) is 2.25. The van der Waals surface area contributed by atoms with Crippen molar-refractivity contribution >= 4 is 22.7 Å². The maximum absolute atomic E-state index is 4.73. The summed E-state index contributed by atoms with van der Waals surface area (Å²) in [7, 11) is 0. The Morgan fingerprint density at radius 2 is 1.95 bits per heavy atom. The molecule has 0 spiro atoms. The molecule has 110 valence electrons. The summed E-state index contributed by atoms with van der Waals surface area (Å²) in [5, 5.41) is 0. The Kier molecular flexibility index (Phi) is 3.71. The maximum Gasteiger partial charge on any atom is 0.164 e. The molecule has 0 amide bonds. The van der Waals surface area contributed by atoms with E-state index in [1.807, 2.05) is 18.6 Å². The van der Waals surface area contributed by atoms with Gasteiger partial charge in [-0.1, -0.05) is 27.7 Å². The molecule has 5 nitrogen and oxygen atoms in total. The molecule has 0 aromatic carbocycles. The van der Waals surface area contributed by atoms with Gasteiger partial charge in [0.2, 0.25) is 0 Å². The van der Waals surface area contributed by atoms with Crippen LogP contribution in [0.2, 0.25) is 0 Å². The van der Waals surface area contributed by atoms with Crippen molar-refractivity contribution in [2.45, 2.75) is 46.1 Å². The van der Waals surface area contributed by atoms with E-state index < -0.39 is 0 Å². The Hall–Kier alpha value is -1.82. The Morgan fingerprint density at radius 1 is 1.14 bits per heavy atom. The van der Waals surface area contributed by atoms with E-state index in [0.717, 1.165) is 29.2 Å². The number of imidazole rings is 1. The van der Waals surface area contributed by atoms with Gasteiger partial charge in [0.05, 0.1) is 18.6 Å². The maximum atomic E-state index is 4.73. The van der Waals surface area contributed by atoms with Gasteiger partial charge in [-0.3, -0.25) is 0 Å². The van der Waals surface area contributed by atoms with Crippen LogP contribution in [0, 0.1) is 0 Å². The third kappa shape index (κ3) is 2.68. The molecule has 3 aromatic rings. The van der Waals surface area contributed by atoms with Crippen molar-refractivity contribution in [3.05, 3.63) is 35.0 Å². The lowest BCUT2D eigenvalue weighted by atomic mass is 10.1. The molecule has 0 fully saturated rings. The second-order valence-corrected chi connectivity index (χ2v) is 6.72. The molecule has 0 saturated carbocycles. The van der Waals surface area contributed by atoms with E-state index >= 15 is 0 Å². The average molecular weight is 301 g/mol. The number of hydrogen-bond donors (Lipinski definition) is 0. The smallest absolute Gasteiger partial charge is 0.164 e. The molecule has 0 N–H and O–H groups in total. The SMILES string of the molecule is CC(C)c1nc(C(C)C)c2ncn(Cc3ccns3)c2n1. The largest absolute Gasteiger partial charge is 0.310 e. The predicted molar refractivity (Wildman–Crippen MR) is 84.7 cm³/mol. The van der Waals surface area contributed by atoms with Gasteiger partial charge in [0.1, 0.15) is 11.3 Å². The van der Waals surface area contributed by atoms with Crippen LogP contribution >= 0.6 is 11.5 Å². The average Bonchev–Trinajstić information content (AvgIpc) is 3.08. The highest BCUT2D eigenvalue weighted by Gasteiger charge is 2.17. The lowest BCUT2D eigenvalue weighted by Gasteiger charge is -2.11. The molecular weight excluding hydrogens is 282 g/mol. The van der Waals surface area contributed by atoms with Gasteiger partial charge < -0.3 is 4.57 Å². The highest BCUT2D eigenvalue weighted by Crippen LogP contribution is 2.24. The molecule has 3 rings (SSSR count). The molecule has 0 saturated heterocycles. The summed E-state index contributed by atoms with van der Waals surface area (Å²) >= 11 is 1.51. The first-order chi connectivity index (χ1) is 10.1. The van der Waals surface area contributed by atoms with E-state index in [-0.39, 0.29) is 0 Å². The minimum absolute atomic E-state index is 0.304. The van der Waals surface area contributed by atoms with Crippen molar-refractivity contribution < 1.29 is 0 Å². The fraction of sp³-hybridized carbons (Fsp3) is 0.467. The summed E-state index contributed by atoms with van der Waals surface area (Å²) in [5.74, 6) is 1.52. The molecule has 0 atom stereocenters. The number of hydrogen-bond acceptors (Lipinski definition) is 5. The van der Waals surface area contributed by atoms with Crippen molar-refractivity contribution in [2.24, 2.45) is 0 Å². The zero-order chi connectivity index (χ0) is 15.0. The summed E-state index contributed by atoms with van der Waals surface area (Å²) in [6.07, 6.45) is 3.68. The summed E-state index contributed by atoms with van der Waals surface area (Å²) in [4.78, 5) is 15.2. The van der Waals surface area contributed by atoms with Gasteiger partial charge in [0.15, 0.2) is 5.65 Å². The fourth-order valence-corrected chi connectivity index (χ4v) is 2.83. The molecule has 0 radical (unpaired) electrons. The lowest BCUT2D eigenvalue weighted by molar-refractivity contribution is 0.733. The molecule has 0 aliphatic heterocycles. The number of rotatable bonds is 4. The molecule has 0 bridgehead atoms. The first kappa shape index (κ1) is 14.1. The monoisotopic (exact) mass is 301 g/mol. The summed E-state index contributed by atoms with van der Waals surface area (Å²) < 4.78 is 6.24. The van der Waals surface area contributed by atoms with E-state index in [4.69, 9.17) is 9.97 Å². The molecule has 21 heavy (non-hydrogen) atoms. The Morgan fingerprint density at radius 3 is 2.57 bits per heavy atom. The first-order valence-corrected chi connectivity index (χ1v) is 7.95. The predicted octanol–water partition coefficient (Wildman–Crippen LogP) is 3.58. The van der Waals surface area contributed by atoms with Crippen LogP contribution in [-0.2, 0) is 6.54 Å². The van der Waals surface area contributed by atoms with Gasteiger partial charge in [-0.15, -0.1) is 0 Å². The van der Waals surface area contributed by atoms with Gasteiger partial charge in [-0.05, 0) is 23.5 Å². The second kappa shape index (κ2) is 5.52. The van der Waals surface area contributed by atoms with Gasteiger partial charge in [0.25, 0.3) is 0 Å². The quantitative estimate of drug-likeness (QED) is 0.739. The second-order valence-electron chi connectivity index (χ2n) is 5.80. The normalized spacial score (nSPS) is 11.9. The summed E-state index contributed by atoms with van der Waals surface area (Å²) in [5.41, 5.74) is 2.87. The van der Waals surface area contributed by atoms with E-state index in [0.29, 0.717) is 11.8 Å². The molecular formula is C15H19N5S. The Labute approximate surface area is 128 Å². The van der Waals surface area contributed by atoms with Crippen LogP contribution in [0.25, 0.3) is 11.2 Å². The van der Waals surface area contributed by atoms with Crippen LogP contribution in [0.15, 0.2) is 18.6 Å². The standard InChI is InChI=1S/C15H19N5S/c1-9(2)12-13-15(19-14(18-12)10(3)4)20(8-16-13)7-11-5-6-17-21-11/h5-6,8-10H,7H2,1-4H3. The lowest BCUT2D eigenvalue weighted by Crippen LogP contribution is -2.06. The van der Waals surface area contributed by atoms with Crippen LogP contribution in [0.4, 0.5) is 0 Å². The minimum Gasteiger partial charge on any atom is -0.310 e. The molecule has 3 aromatic heterocycles. The third-order valence-electron chi connectivity index (χ3n) is 3.39. The Bertz CT molecular complexity index is 743. The zero-order valence-corrected chi connectivity index (χ0v) is 13.6. The summed E-state index contributed by atoms with van der Waals surface area (Å²) in [6.45, 7) is 9.29. The summed E-state index contributed by atoms with van der Waals surface area (Å²) in [6, 6.07) is 2.03. The van der Waals surface area contributed by atoms with Gasteiger partial charge in [0, 0.05) is 17.0 Å². The van der Waals surface area contributed by atoms with Crippen molar-refractivity contribution in [3.63, 3.8) is 0 Å². The molecule has 0 aliphatic carbocycles. The molecule has 0 aliphatic rings. The van der Waals surface area contributed by atoms with Gasteiger partial charge >= 0.3 is 0 Å².